The molecule has 0 aliphatic heterocycles. The Hall–Kier alpha value is -2.21. The van der Waals surface area contributed by atoms with Crippen LogP contribution in [0.5, 0.6) is 11.5 Å². The Morgan fingerprint density at radius 3 is 2.08 bits per heavy atom. The zero-order valence-corrected chi connectivity index (χ0v) is 15.0. The van der Waals surface area contributed by atoms with E-state index in [9.17, 15) is 8.42 Å². The molecule has 0 aliphatic rings. The molecule has 130 valence electrons. The van der Waals surface area contributed by atoms with Crippen molar-refractivity contribution in [1.29, 1.82) is 0 Å². The zero-order valence-electron chi connectivity index (χ0n) is 14.2. The lowest BCUT2D eigenvalue weighted by Crippen LogP contribution is -2.13. The van der Waals surface area contributed by atoms with Gasteiger partial charge in [-0.05, 0) is 68.8 Å². The minimum absolute atomic E-state index is 0.0408. The topological polar surface area (TPSA) is 64.6 Å². The van der Waals surface area contributed by atoms with Gasteiger partial charge in [-0.1, -0.05) is 6.92 Å². The number of benzene rings is 2. The summed E-state index contributed by atoms with van der Waals surface area (Å²) in [5.41, 5.74) is 0.487. The van der Waals surface area contributed by atoms with Crippen molar-refractivity contribution >= 4 is 15.7 Å². The molecule has 0 heterocycles. The highest BCUT2D eigenvalue weighted by Crippen LogP contribution is 2.21. The van der Waals surface area contributed by atoms with E-state index in [1.54, 1.807) is 36.4 Å². The summed E-state index contributed by atoms with van der Waals surface area (Å²) in [6, 6.07) is 13.2. The Labute approximate surface area is 143 Å². The highest BCUT2D eigenvalue weighted by molar-refractivity contribution is 7.92. The summed E-state index contributed by atoms with van der Waals surface area (Å²) < 4.78 is 38.4. The first-order valence-electron chi connectivity index (χ1n) is 7.93. The molecule has 1 N–H and O–H groups in total. The van der Waals surface area contributed by atoms with Gasteiger partial charge in [-0.15, -0.1) is 0 Å². The molecule has 0 amide bonds. The molecule has 0 bridgehead atoms. The third kappa shape index (κ3) is 5.16. The SMILES string of the molecule is CCCOc1ccc(NS(=O)(=O)c2ccc(OC(C)C)cc2)cc1. The van der Waals surface area contributed by atoms with Crippen LogP contribution in [0.15, 0.2) is 53.4 Å². The van der Waals surface area contributed by atoms with Crippen LogP contribution in [0.25, 0.3) is 0 Å². The van der Waals surface area contributed by atoms with Gasteiger partial charge < -0.3 is 9.47 Å². The van der Waals surface area contributed by atoms with E-state index in [1.807, 2.05) is 20.8 Å². The number of rotatable bonds is 8. The molecule has 2 aromatic carbocycles. The number of ether oxygens (including phenoxy) is 2. The fraction of sp³-hybridized carbons (Fsp3) is 0.333. The molecule has 2 rings (SSSR count). The van der Waals surface area contributed by atoms with Gasteiger partial charge in [0.05, 0.1) is 17.6 Å². The van der Waals surface area contributed by atoms with Crippen LogP contribution in [-0.4, -0.2) is 21.1 Å². The average Bonchev–Trinajstić information content (AvgIpc) is 2.54. The van der Waals surface area contributed by atoms with Crippen LogP contribution in [0.4, 0.5) is 5.69 Å². The van der Waals surface area contributed by atoms with Crippen LogP contribution in [0.3, 0.4) is 0 Å². The Morgan fingerprint density at radius 2 is 1.54 bits per heavy atom. The molecule has 0 atom stereocenters. The quantitative estimate of drug-likeness (QED) is 0.780. The van der Waals surface area contributed by atoms with Crippen LogP contribution >= 0.6 is 0 Å². The Balaban J connectivity index is 2.07. The smallest absolute Gasteiger partial charge is 0.261 e. The maximum atomic E-state index is 12.4. The third-order valence-corrected chi connectivity index (χ3v) is 4.48. The molecule has 0 aliphatic carbocycles. The van der Waals surface area contributed by atoms with Crippen LogP contribution in [0, 0.1) is 0 Å². The first-order valence-corrected chi connectivity index (χ1v) is 9.41. The van der Waals surface area contributed by atoms with Gasteiger partial charge in [0.2, 0.25) is 0 Å². The molecule has 0 saturated carbocycles. The van der Waals surface area contributed by atoms with E-state index in [-0.39, 0.29) is 11.0 Å². The fourth-order valence-electron chi connectivity index (χ4n) is 2.02. The first-order chi connectivity index (χ1) is 11.4. The van der Waals surface area contributed by atoms with E-state index in [1.165, 1.54) is 12.1 Å². The largest absolute Gasteiger partial charge is 0.494 e. The van der Waals surface area contributed by atoms with Crippen LogP contribution < -0.4 is 14.2 Å². The highest BCUT2D eigenvalue weighted by Gasteiger charge is 2.14. The van der Waals surface area contributed by atoms with Crippen molar-refractivity contribution in [3.05, 3.63) is 48.5 Å². The maximum Gasteiger partial charge on any atom is 0.261 e. The van der Waals surface area contributed by atoms with Gasteiger partial charge in [0.1, 0.15) is 11.5 Å². The molecule has 24 heavy (non-hydrogen) atoms. The fourth-order valence-corrected chi connectivity index (χ4v) is 3.08. The van der Waals surface area contributed by atoms with Gasteiger partial charge in [0, 0.05) is 5.69 Å². The second-order valence-electron chi connectivity index (χ2n) is 5.62. The van der Waals surface area contributed by atoms with Gasteiger partial charge in [0.15, 0.2) is 0 Å². The molecule has 0 saturated heterocycles. The summed E-state index contributed by atoms with van der Waals surface area (Å²) in [6.07, 6.45) is 0.962. The number of sulfonamides is 1. The van der Waals surface area contributed by atoms with Gasteiger partial charge in [0.25, 0.3) is 10.0 Å². The minimum Gasteiger partial charge on any atom is -0.494 e. The highest BCUT2D eigenvalue weighted by atomic mass is 32.2. The summed E-state index contributed by atoms with van der Waals surface area (Å²) in [5.74, 6) is 1.36. The summed E-state index contributed by atoms with van der Waals surface area (Å²) in [5, 5.41) is 0. The zero-order chi connectivity index (χ0) is 17.6. The van der Waals surface area contributed by atoms with Gasteiger partial charge in [-0.2, -0.15) is 0 Å². The summed E-state index contributed by atoms with van der Waals surface area (Å²) >= 11 is 0. The monoisotopic (exact) mass is 349 g/mol. The van der Waals surface area contributed by atoms with E-state index in [0.29, 0.717) is 18.0 Å². The molecule has 0 unspecified atom stereocenters. The summed E-state index contributed by atoms with van der Waals surface area (Å²) in [4.78, 5) is 0.185. The predicted octanol–water partition coefficient (Wildman–Crippen LogP) is 4.06. The molecular formula is C18H23NO4S. The molecular weight excluding hydrogens is 326 g/mol. The summed E-state index contributed by atoms with van der Waals surface area (Å²) in [7, 11) is -3.63. The van der Waals surface area contributed by atoms with E-state index in [4.69, 9.17) is 9.47 Å². The van der Waals surface area contributed by atoms with Gasteiger partial charge >= 0.3 is 0 Å². The van der Waals surface area contributed by atoms with Crippen molar-refractivity contribution in [2.24, 2.45) is 0 Å². The molecule has 0 fully saturated rings. The third-order valence-electron chi connectivity index (χ3n) is 3.09. The van der Waals surface area contributed by atoms with Crippen molar-refractivity contribution in [2.75, 3.05) is 11.3 Å². The van der Waals surface area contributed by atoms with Crippen LogP contribution in [0.1, 0.15) is 27.2 Å². The second kappa shape index (κ2) is 8.06. The van der Waals surface area contributed by atoms with Crippen LogP contribution in [-0.2, 0) is 10.0 Å². The molecule has 0 radical (unpaired) electrons. The van der Waals surface area contributed by atoms with Crippen LogP contribution in [0.2, 0.25) is 0 Å². The molecule has 0 aromatic heterocycles. The number of hydrogen-bond donors (Lipinski definition) is 1. The molecule has 5 nitrogen and oxygen atoms in total. The number of hydrogen-bond acceptors (Lipinski definition) is 4. The Morgan fingerprint density at radius 1 is 0.958 bits per heavy atom. The maximum absolute atomic E-state index is 12.4. The van der Waals surface area contributed by atoms with Crippen molar-refractivity contribution in [1.82, 2.24) is 0 Å². The number of nitrogens with one attached hydrogen (secondary N) is 1. The normalized spacial score (nSPS) is 11.3. The van der Waals surface area contributed by atoms with Gasteiger partial charge in [-0.25, -0.2) is 8.42 Å². The first kappa shape index (κ1) is 18.1. The predicted molar refractivity (Wildman–Crippen MR) is 95.2 cm³/mol. The molecule has 6 heteroatoms. The standard InChI is InChI=1S/C18H23NO4S/c1-4-13-22-16-7-5-15(6-8-16)19-24(20,21)18-11-9-17(10-12-18)23-14(2)3/h5-12,14,19H,4,13H2,1-3H3. The van der Waals surface area contributed by atoms with E-state index >= 15 is 0 Å². The van der Waals surface area contributed by atoms with E-state index in [0.717, 1.165) is 12.2 Å². The minimum atomic E-state index is -3.63. The van der Waals surface area contributed by atoms with E-state index in [2.05, 4.69) is 4.72 Å². The number of anilines is 1. The summed E-state index contributed by atoms with van der Waals surface area (Å²) in [6.45, 7) is 6.50. The lowest BCUT2D eigenvalue weighted by Gasteiger charge is -2.12. The van der Waals surface area contributed by atoms with Crippen molar-refractivity contribution < 1.29 is 17.9 Å². The second-order valence-corrected chi connectivity index (χ2v) is 7.30. The van der Waals surface area contributed by atoms with Gasteiger partial charge in [-0.3, -0.25) is 4.72 Å². The van der Waals surface area contributed by atoms with Crippen molar-refractivity contribution in [3.8, 4) is 11.5 Å². The van der Waals surface area contributed by atoms with Crippen molar-refractivity contribution in [3.63, 3.8) is 0 Å². The van der Waals surface area contributed by atoms with E-state index < -0.39 is 10.0 Å². The lowest BCUT2D eigenvalue weighted by atomic mass is 10.3. The molecule has 2 aromatic rings. The Bertz CT molecular complexity index is 738. The average molecular weight is 349 g/mol. The molecule has 0 spiro atoms. The van der Waals surface area contributed by atoms with Crippen molar-refractivity contribution in [2.45, 2.75) is 38.2 Å². The Kier molecular flexibility index (Phi) is 6.09. The lowest BCUT2D eigenvalue weighted by molar-refractivity contribution is 0.242.